The first-order valence-corrected chi connectivity index (χ1v) is 17.7. The fourth-order valence-corrected chi connectivity index (χ4v) is 7.43. The number of ether oxygens (including phenoxy) is 4. The number of carbonyl (C=O) groups excluding carboxylic acids is 3. The second-order valence-electron chi connectivity index (χ2n) is 12.0. The standard InChI is InChI=1S/C32H41FN5O10P/c1-4-26(40)46-29-28(44-21(3)39)27(24-15-16-25-30(34)35-19-36-38(24)25)47-32(29,17-33)18-43-49(42,48-23-13-9-6-10-14-23)37-20(2)31(41)45-22-11-7-5-8-12-22/h6,9-10,13-16,19-20,22,27-29H,4-5,7-8,11-12,17-18H2,1-3H3,(H,37,42)(H2,34,35,36)/t20-,27-,28-,29-,32+,49?/m0/s1. The quantitative estimate of drug-likeness (QED) is 0.136. The van der Waals surface area contributed by atoms with Crippen LogP contribution in [0.1, 0.15) is 71.1 Å². The van der Waals surface area contributed by atoms with E-state index in [1.54, 1.807) is 30.3 Å². The van der Waals surface area contributed by atoms with Gasteiger partial charge in [0.15, 0.2) is 23.6 Å². The van der Waals surface area contributed by atoms with Crippen LogP contribution in [0.3, 0.4) is 0 Å². The first-order chi connectivity index (χ1) is 23.5. The number of alkyl halides is 1. The van der Waals surface area contributed by atoms with Gasteiger partial charge in [0.25, 0.3) is 0 Å². The van der Waals surface area contributed by atoms with Gasteiger partial charge in [0.05, 0.1) is 12.3 Å². The van der Waals surface area contributed by atoms with Crippen LogP contribution < -0.4 is 15.3 Å². The molecule has 1 unspecified atom stereocenters. The number of benzene rings is 1. The minimum Gasteiger partial charge on any atom is -0.461 e. The maximum absolute atomic E-state index is 15.5. The van der Waals surface area contributed by atoms with Gasteiger partial charge in [-0.15, -0.1) is 0 Å². The molecule has 266 valence electrons. The van der Waals surface area contributed by atoms with Crippen molar-refractivity contribution < 1.29 is 51.3 Å². The molecule has 0 radical (unpaired) electrons. The van der Waals surface area contributed by atoms with E-state index in [9.17, 15) is 18.9 Å². The van der Waals surface area contributed by atoms with Crippen LogP contribution in [-0.2, 0) is 42.4 Å². The molecule has 1 saturated carbocycles. The van der Waals surface area contributed by atoms with Crippen molar-refractivity contribution in [3.05, 3.63) is 54.5 Å². The predicted octanol–water partition coefficient (Wildman–Crippen LogP) is 4.40. The highest BCUT2D eigenvalue weighted by atomic mass is 31.2. The summed E-state index contributed by atoms with van der Waals surface area (Å²) in [6.45, 7) is 1.91. The minimum atomic E-state index is -4.54. The molecule has 1 aromatic carbocycles. The fourth-order valence-electron chi connectivity index (χ4n) is 5.88. The van der Waals surface area contributed by atoms with Gasteiger partial charge in [-0.25, -0.2) is 18.5 Å². The number of esters is 3. The van der Waals surface area contributed by atoms with Crippen molar-refractivity contribution in [2.75, 3.05) is 19.0 Å². The van der Waals surface area contributed by atoms with Crippen LogP contribution in [0.25, 0.3) is 5.52 Å². The summed E-state index contributed by atoms with van der Waals surface area (Å²) >= 11 is 0. The Morgan fingerprint density at radius 2 is 1.86 bits per heavy atom. The van der Waals surface area contributed by atoms with Crippen LogP contribution in [0.2, 0.25) is 0 Å². The van der Waals surface area contributed by atoms with Crippen molar-refractivity contribution in [1.82, 2.24) is 19.7 Å². The molecule has 2 fully saturated rings. The normalized spacial score (nSPS) is 24.5. The second kappa shape index (κ2) is 15.6. The number of aromatic nitrogens is 3. The largest absolute Gasteiger partial charge is 0.461 e. The average Bonchev–Trinajstić information content (AvgIpc) is 3.64. The van der Waals surface area contributed by atoms with E-state index in [2.05, 4.69) is 15.2 Å². The monoisotopic (exact) mass is 705 g/mol. The zero-order valence-electron chi connectivity index (χ0n) is 27.5. The van der Waals surface area contributed by atoms with Crippen LogP contribution in [0.15, 0.2) is 48.8 Å². The number of nitrogens with zero attached hydrogens (tertiary/aromatic N) is 3. The Kier molecular flexibility index (Phi) is 11.5. The summed E-state index contributed by atoms with van der Waals surface area (Å²) in [5, 5.41) is 6.82. The van der Waals surface area contributed by atoms with Crippen molar-refractivity contribution in [3.8, 4) is 5.75 Å². The molecule has 3 heterocycles. The summed E-state index contributed by atoms with van der Waals surface area (Å²) < 4.78 is 66.1. The van der Waals surface area contributed by atoms with Crippen LogP contribution in [-0.4, -0.2) is 75.7 Å². The Labute approximate surface area is 282 Å². The summed E-state index contributed by atoms with van der Waals surface area (Å²) in [6.07, 6.45) is 0.922. The third-order valence-corrected chi connectivity index (χ3v) is 9.97. The number of hydrogen-bond acceptors (Lipinski definition) is 13. The lowest BCUT2D eigenvalue weighted by atomic mass is 9.95. The number of nitrogens with one attached hydrogen (secondary N) is 1. The third kappa shape index (κ3) is 8.38. The van der Waals surface area contributed by atoms with E-state index in [0.717, 1.165) is 39.0 Å². The molecule has 5 rings (SSSR count). The Hall–Kier alpha value is -4.11. The summed E-state index contributed by atoms with van der Waals surface area (Å²) in [4.78, 5) is 42.1. The van der Waals surface area contributed by atoms with Crippen molar-refractivity contribution >= 4 is 37.0 Å². The number of anilines is 1. The molecule has 3 N–H and O–H groups in total. The van der Waals surface area contributed by atoms with E-state index in [1.807, 2.05) is 0 Å². The lowest BCUT2D eigenvalue weighted by Crippen LogP contribution is -2.52. The maximum Gasteiger partial charge on any atom is 0.459 e. The first-order valence-electron chi connectivity index (χ1n) is 16.1. The molecule has 1 aliphatic heterocycles. The number of halogens is 1. The van der Waals surface area contributed by atoms with E-state index < -0.39 is 68.9 Å². The van der Waals surface area contributed by atoms with Gasteiger partial charge in [-0.05, 0) is 56.9 Å². The molecule has 6 atom stereocenters. The molecule has 17 heteroatoms. The summed E-state index contributed by atoms with van der Waals surface area (Å²) in [6, 6.07) is 10.0. The zero-order valence-corrected chi connectivity index (χ0v) is 28.4. The van der Waals surface area contributed by atoms with E-state index in [4.69, 9.17) is 33.7 Å². The molecule has 1 aliphatic carbocycles. The van der Waals surface area contributed by atoms with Crippen LogP contribution in [0, 0.1) is 0 Å². The van der Waals surface area contributed by atoms with Gasteiger partial charge < -0.3 is 29.2 Å². The van der Waals surface area contributed by atoms with Gasteiger partial charge >= 0.3 is 25.7 Å². The topological polar surface area (TPSA) is 192 Å². The van der Waals surface area contributed by atoms with Gasteiger partial charge in [-0.2, -0.15) is 10.2 Å². The second-order valence-corrected chi connectivity index (χ2v) is 13.7. The first kappa shape index (κ1) is 36.2. The Balaban J connectivity index is 1.48. The van der Waals surface area contributed by atoms with Crippen molar-refractivity contribution in [2.24, 2.45) is 0 Å². The number of para-hydroxylation sites is 1. The van der Waals surface area contributed by atoms with Crippen LogP contribution in [0.4, 0.5) is 10.2 Å². The smallest absolute Gasteiger partial charge is 0.459 e. The highest BCUT2D eigenvalue weighted by molar-refractivity contribution is 7.52. The lowest BCUT2D eigenvalue weighted by Gasteiger charge is -2.33. The Morgan fingerprint density at radius 3 is 2.53 bits per heavy atom. The molecular formula is C32H41FN5O10P. The number of nitrogens with two attached hydrogens (primary N) is 1. The molecule has 2 aromatic heterocycles. The molecule has 0 amide bonds. The van der Waals surface area contributed by atoms with E-state index in [-0.39, 0.29) is 29.8 Å². The van der Waals surface area contributed by atoms with Crippen molar-refractivity contribution in [2.45, 2.75) is 95.4 Å². The zero-order chi connectivity index (χ0) is 35.2. The number of nitrogen functional groups attached to an aromatic ring is 1. The molecule has 2 aliphatic rings. The van der Waals surface area contributed by atoms with Crippen molar-refractivity contribution in [1.29, 1.82) is 0 Å². The van der Waals surface area contributed by atoms with Crippen LogP contribution in [0.5, 0.6) is 5.75 Å². The molecule has 0 bridgehead atoms. The third-order valence-electron chi connectivity index (χ3n) is 8.34. The van der Waals surface area contributed by atoms with Gasteiger partial charge in [0, 0.05) is 13.3 Å². The number of carbonyl (C=O) groups is 3. The maximum atomic E-state index is 15.5. The molecule has 1 saturated heterocycles. The molecular weight excluding hydrogens is 664 g/mol. The van der Waals surface area contributed by atoms with E-state index >= 15 is 4.39 Å². The summed E-state index contributed by atoms with van der Waals surface area (Å²) in [5.74, 6) is -1.94. The van der Waals surface area contributed by atoms with Gasteiger partial charge in [-0.3, -0.25) is 18.9 Å². The minimum absolute atomic E-state index is 0.104. The predicted molar refractivity (Wildman–Crippen MR) is 172 cm³/mol. The highest BCUT2D eigenvalue weighted by Gasteiger charge is 2.61. The lowest BCUT2D eigenvalue weighted by molar-refractivity contribution is -0.174. The SMILES string of the molecule is CCC(=O)O[C@H]1[C@@H](OC(C)=O)[C@H](c2ccc3c(N)ncnn23)O[C@]1(CF)COP(=O)(N[C@@H](C)C(=O)OC1CCCCC1)Oc1ccccc1. The fraction of sp³-hybridized carbons (Fsp3) is 0.531. The van der Waals surface area contributed by atoms with Crippen molar-refractivity contribution in [3.63, 3.8) is 0 Å². The number of rotatable bonds is 14. The highest BCUT2D eigenvalue weighted by Crippen LogP contribution is 2.50. The summed E-state index contributed by atoms with van der Waals surface area (Å²) in [7, 11) is -4.54. The van der Waals surface area contributed by atoms with E-state index in [1.165, 1.54) is 36.8 Å². The Bertz CT molecular complexity index is 1670. The average molecular weight is 706 g/mol. The van der Waals surface area contributed by atoms with Gasteiger partial charge in [-0.1, -0.05) is 31.5 Å². The van der Waals surface area contributed by atoms with Gasteiger partial charge in [0.2, 0.25) is 0 Å². The molecule has 0 spiro atoms. The summed E-state index contributed by atoms with van der Waals surface area (Å²) in [5.41, 5.74) is 4.48. The van der Waals surface area contributed by atoms with Crippen LogP contribution >= 0.6 is 7.75 Å². The Morgan fingerprint density at radius 1 is 1.12 bits per heavy atom. The molecule has 15 nitrogen and oxygen atoms in total. The van der Waals surface area contributed by atoms with Gasteiger partial charge in [0.1, 0.15) is 42.5 Å². The van der Waals surface area contributed by atoms with E-state index in [0.29, 0.717) is 5.52 Å². The number of hydrogen-bond donors (Lipinski definition) is 2. The molecule has 49 heavy (non-hydrogen) atoms. The number of fused-ring (bicyclic) bond motifs is 1. The molecule has 3 aromatic rings.